The third-order valence-electron chi connectivity index (χ3n) is 9.48. The Morgan fingerprint density at radius 2 is 1.51 bits per heavy atom. The van der Waals surface area contributed by atoms with Crippen molar-refractivity contribution < 1.29 is 0 Å². The van der Waals surface area contributed by atoms with Crippen LogP contribution in [-0.2, 0) is 0 Å². The average Bonchev–Trinajstić information content (AvgIpc) is 3.64. The van der Waals surface area contributed by atoms with E-state index >= 15 is 0 Å². The van der Waals surface area contributed by atoms with Gasteiger partial charge in [0.2, 0.25) is 0 Å². The molecule has 0 fully saturated rings. The van der Waals surface area contributed by atoms with Crippen LogP contribution in [0.3, 0.4) is 0 Å². The topological polar surface area (TPSA) is 32.0 Å². The molecule has 4 nitrogen and oxygen atoms in total. The van der Waals surface area contributed by atoms with E-state index in [2.05, 4.69) is 137 Å². The molecule has 0 bridgehead atoms. The van der Waals surface area contributed by atoms with Crippen molar-refractivity contribution in [2.24, 2.45) is 0 Å². The molecule has 3 aromatic carbocycles. The number of thioether (sulfide) groups is 1. The Labute approximate surface area is 266 Å². The number of rotatable bonds is 3. The third-order valence-corrected chi connectivity index (χ3v) is 10.8. The second kappa shape index (κ2) is 9.62. The van der Waals surface area contributed by atoms with Gasteiger partial charge in [-0.2, -0.15) is 4.58 Å². The van der Waals surface area contributed by atoms with Crippen LogP contribution in [0.5, 0.6) is 0 Å². The lowest BCUT2D eigenvalue weighted by atomic mass is 9.88. The van der Waals surface area contributed by atoms with Crippen LogP contribution >= 0.6 is 11.8 Å². The Bertz CT molecular complexity index is 2150. The normalized spacial score (nSPS) is 21.7. The number of benzene rings is 3. The van der Waals surface area contributed by atoms with Gasteiger partial charge in [0.1, 0.15) is 17.4 Å². The number of aromatic nitrogens is 2. The van der Waals surface area contributed by atoms with Crippen LogP contribution in [0.2, 0.25) is 0 Å². The monoisotopic (exact) mass is 595 g/mol. The standard InChI is InChI=1S/C40H27N4S/c1-3-12-25(13-4-1)31-24-32(26-14-5-2-6-15-26)42-40(41-31)44-34-19-9-8-18-33(34)43-36-22-30-27-16-7-10-21-37(27)45-38(30)23-29(36)28-17-11-20-35(44)39(28)43/h1-21,23-24,37,39H,22H2/q+1. The molecule has 10 rings (SSSR count). The lowest BCUT2D eigenvalue weighted by Gasteiger charge is -2.37. The van der Waals surface area contributed by atoms with E-state index in [0.717, 1.165) is 34.6 Å². The van der Waals surface area contributed by atoms with Crippen molar-refractivity contribution in [3.63, 3.8) is 0 Å². The molecule has 3 aliphatic carbocycles. The van der Waals surface area contributed by atoms with Crippen molar-refractivity contribution in [3.05, 3.63) is 172 Å². The molecule has 4 heterocycles. The Morgan fingerprint density at radius 3 is 2.29 bits per heavy atom. The zero-order valence-electron chi connectivity index (χ0n) is 24.3. The largest absolute Gasteiger partial charge is 0.439 e. The van der Waals surface area contributed by atoms with E-state index < -0.39 is 0 Å². The summed E-state index contributed by atoms with van der Waals surface area (Å²) in [5.74, 6) is 0.686. The van der Waals surface area contributed by atoms with Gasteiger partial charge in [-0.05, 0) is 41.0 Å². The first-order valence-electron chi connectivity index (χ1n) is 15.5. The summed E-state index contributed by atoms with van der Waals surface area (Å²) in [6.45, 7) is 0. The Hall–Kier alpha value is -5.26. The fraction of sp³-hybridized carbons (Fsp3) is 0.0750. The van der Waals surface area contributed by atoms with E-state index in [1.165, 1.54) is 44.3 Å². The zero-order chi connectivity index (χ0) is 29.5. The fourth-order valence-corrected chi connectivity index (χ4v) is 8.81. The molecular weight excluding hydrogens is 569 g/mol. The van der Waals surface area contributed by atoms with E-state index in [9.17, 15) is 0 Å². The van der Waals surface area contributed by atoms with Crippen molar-refractivity contribution in [2.75, 3.05) is 4.90 Å². The number of nitrogens with zero attached hydrogens (tertiary/aromatic N) is 4. The molecule has 0 radical (unpaired) electrons. The zero-order valence-corrected chi connectivity index (χ0v) is 25.2. The maximum atomic E-state index is 5.27. The van der Waals surface area contributed by atoms with Crippen LogP contribution in [0.1, 0.15) is 6.42 Å². The summed E-state index contributed by atoms with van der Waals surface area (Å²) in [5, 5.41) is 0.423. The van der Waals surface area contributed by atoms with Crippen molar-refractivity contribution in [1.29, 1.82) is 0 Å². The molecule has 0 N–H and O–H groups in total. The maximum Gasteiger partial charge on any atom is 0.439 e. The van der Waals surface area contributed by atoms with E-state index in [1.54, 1.807) is 0 Å². The molecule has 0 spiro atoms. The summed E-state index contributed by atoms with van der Waals surface area (Å²) in [6, 6.07) is 31.8. The van der Waals surface area contributed by atoms with E-state index in [-0.39, 0.29) is 6.04 Å². The number of fused-ring (bicyclic) bond motifs is 6. The summed E-state index contributed by atoms with van der Waals surface area (Å²) in [4.78, 5) is 14.5. The summed E-state index contributed by atoms with van der Waals surface area (Å²) in [6.07, 6.45) is 19.2. The molecule has 2 unspecified atom stereocenters. The fourth-order valence-electron chi connectivity index (χ4n) is 7.51. The molecule has 0 saturated heterocycles. The van der Waals surface area contributed by atoms with Gasteiger partial charge in [0.25, 0.3) is 0 Å². The molecule has 2 atom stereocenters. The second-order valence-corrected chi connectivity index (χ2v) is 13.1. The lowest BCUT2D eigenvalue weighted by Crippen LogP contribution is -2.46. The predicted octanol–water partition coefficient (Wildman–Crippen LogP) is 8.86. The molecule has 212 valence electrons. The first kappa shape index (κ1) is 25.1. The number of para-hydroxylation sites is 2. The van der Waals surface area contributed by atoms with Gasteiger partial charge < -0.3 is 4.90 Å². The Morgan fingerprint density at radius 1 is 0.778 bits per heavy atom. The van der Waals surface area contributed by atoms with Crippen molar-refractivity contribution in [2.45, 2.75) is 17.7 Å². The second-order valence-electron chi connectivity index (χ2n) is 11.9. The van der Waals surface area contributed by atoms with Crippen molar-refractivity contribution in [3.8, 4) is 22.5 Å². The summed E-state index contributed by atoms with van der Waals surface area (Å²) >= 11 is 1.99. The minimum atomic E-state index is 0.0583. The molecule has 1 aromatic heterocycles. The summed E-state index contributed by atoms with van der Waals surface area (Å²) in [5.41, 5.74) is 14.5. The van der Waals surface area contributed by atoms with Gasteiger partial charge in [0, 0.05) is 39.8 Å². The molecular formula is C40H27N4S+. The minimum absolute atomic E-state index is 0.0583. The van der Waals surface area contributed by atoms with Crippen LogP contribution in [0.4, 0.5) is 17.3 Å². The van der Waals surface area contributed by atoms with Crippen molar-refractivity contribution >= 4 is 34.8 Å². The molecule has 3 aliphatic heterocycles. The van der Waals surface area contributed by atoms with Crippen LogP contribution in [0, 0.1) is 0 Å². The number of allylic oxidation sites excluding steroid dienone is 8. The number of hydrogen-bond acceptors (Lipinski definition) is 4. The summed E-state index contributed by atoms with van der Waals surface area (Å²) < 4.78 is 2.30. The highest BCUT2D eigenvalue weighted by molar-refractivity contribution is 8.04. The first-order chi connectivity index (χ1) is 22.3. The van der Waals surface area contributed by atoms with Crippen LogP contribution in [0.25, 0.3) is 22.5 Å². The van der Waals surface area contributed by atoms with Gasteiger partial charge in [0.15, 0.2) is 11.4 Å². The smallest absolute Gasteiger partial charge is 0.327 e. The Kier molecular flexibility index (Phi) is 5.37. The molecule has 5 heteroatoms. The molecule has 4 aromatic rings. The number of anilines is 1. The first-order valence-corrected chi connectivity index (χ1v) is 16.3. The van der Waals surface area contributed by atoms with Gasteiger partial charge in [0.05, 0.1) is 10.9 Å². The molecule has 0 saturated carbocycles. The minimum Gasteiger partial charge on any atom is -0.327 e. The average molecular weight is 596 g/mol. The summed E-state index contributed by atoms with van der Waals surface area (Å²) in [7, 11) is 0. The van der Waals surface area contributed by atoms with Crippen LogP contribution in [-0.4, -0.2) is 27.0 Å². The highest BCUT2D eigenvalue weighted by Gasteiger charge is 2.48. The van der Waals surface area contributed by atoms with Gasteiger partial charge >= 0.3 is 5.95 Å². The third kappa shape index (κ3) is 3.71. The molecule has 45 heavy (non-hydrogen) atoms. The van der Waals surface area contributed by atoms with Gasteiger partial charge in [-0.25, -0.2) is 0 Å². The highest BCUT2D eigenvalue weighted by Crippen LogP contribution is 2.56. The quantitative estimate of drug-likeness (QED) is 0.222. The SMILES string of the molecule is C1=CC2=C3CC4=C(C=C3SC2C=C1)C1=CC=CC2=[N+](c3nc(-c5ccccc5)cc(-c5ccccc5)n3)c3ccccc3N4C12. The highest BCUT2D eigenvalue weighted by atomic mass is 32.2. The molecule has 6 aliphatic rings. The van der Waals surface area contributed by atoms with Gasteiger partial charge in [-0.15, -0.1) is 11.8 Å². The predicted molar refractivity (Wildman–Crippen MR) is 186 cm³/mol. The van der Waals surface area contributed by atoms with Crippen molar-refractivity contribution in [1.82, 2.24) is 14.5 Å². The van der Waals surface area contributed by atoms with Crippen LogP contribution in [0.15, 0.2) is 172 Å². The molecule has 0 amide bonds. The van der Waals surface area contributed by atoms with E-state index in [4.69, 9.17) is 9.97 Å². The van der Waals surface area contributed by atoms with E-state index in [0.29, 0.717) is 11.2 Å². The van der Waals surface area contributed by atoms with Crippen LogP contribution < -0.4 is 9.48 Å². The lowest BCUT2D eigenvalue weighted by molar-refractivity contribution is 0.831. The van der Waals surface area contributed by atoms with Gasteiger partial charge in [-0.3, -0.25) is 0 Å². The maximum absolute atomic E-state index is 5.27. The Balaban J connectivity index is 1.19. The number of hydrogen-bond donors (Lipinski definition) is 0. The van der Waals surface area contributed by atoms with Gasteiger partial charge in [-0.1, -0.05) is 119 Å². The van der Waals surface area contributed by atoms with E-state index in [1.807, 2.05) is 23.9 Å².